The van der Waals surface area contributed by atoms with Crippen LogP contribution in [0.4, 0.5) is 5.82 Å². The number of carbonyl (C=O) groups excluding carboxylic acids is 1. The molecule has 0 aliphatic heterocycles. The highest BCUT2D eigenvalue weighted by molar-refractivity contribution is 5.95. The number of aromatic amines is 1. The summed E-state index contributed by atoms with van der Waals surface area (Å²) in [5.41, 5.74) is 1.58. The standard InChI is InChI=1S/C12H14N2O2/c1-3-16-12(15)8-4-5-10-9(6-8)7-11(13-2)14-10/h4-7,13-14H,3H2,1-2H3. The van der Waals surface area contributed by atoms with Gasteiger partial charge >= 0.3 is 5.97 Å². The SMILES string of the molecule is CCOC(=O)c1ccc2[nH]c(NC)cc2c1. The molecule has 0 radical (unpaired) electrons. The quantitative estimate of drug-likeness (QED) is 0.778. The molecule has 2 aromatic rings. The number of carbonyl (C=O) groups is 1. The molecule has 0 amide bonds. The van der Waals surface area contributed by atoms with Crippen LogP contribution in [0.5, 0.6) is 0 Å². The number of ether oxygens (including phenoxy) is 1. The van der Waals surface area contributed by atoms with Crippen LogP contribution in [-0.4, -0.2) is 24.6 Å². The van der Waals surface area contributed by atoms with Gasteiger partial charge in [-0.25, -0.2) is 4.79 Å². The first-order chi connectivity index (χ1) is 7.74. The van der Waals surface area contributed by atoms with Gasteiger partial charge in [0.15, 0.2) is 0 Å². The number of fused-ring (bicyclic) bond motifs is 1. The molecule has 4 heteroatoms. The van der Waals surface area contributed by atoms with Crippen molar-refractivity contribution in [3.8, 4) is 0 Å². The van der Waals surface area contributed by atoms with E-state index in [-0.39, 0.29) is 5.97 Å². The van der Waals surface area contributed by atoms with E-state index in [1.54, 1.807) is 13.0 Å². The highest BCUT2D eigenvalue weighted by Crippen LogP contribution is 2.20. The topological polar surface area (TPSA) is 54.1 Å². The molecule has 0 saturated carbocycles. The van der Waals surface area contributed by atoms with Gasteiger partial charge in [-0.2, -0.15) is 0 Å². The zero-order chi connectivity index (χ0) is 11.5. The summed E-state index contributed by atoms with van der Waals surface area (Å²) < 4.78 is 4.95. The molecule has 1 heterocycles. The molecule has 1 aromatic heterocycles. The molecule has 4 nitrogen and oxygen atoms in total. The Morgan fingerprint density at radius 2 is 2.25 bits per heavy atom. The molecule has 2 N–H and O–H groups in total. The molecule has 16 heavy (non-hydrogen) atoms. The van der Waals surface area contributed by atoms with Gasteiger partial charge in [0.2, 0.25) is 0 Å². The van der Waals surface area contributed by atoms with Crippen LogP contribution in [0.1, 0.15) is 17.3 Å². The summed E-state index contributed by atoms with van der Waals surface area (Å²) in [5, 5.41) is 4.01. The molecule has 0 aliphatic rings. The molecule has 0 bridgehead atoms. The van der Waals surface area contributed by atoms with Crippen LogP contribution in [0, 0.1) is 0 Å². The normalized spacial score (nSPS) is 10.4. The van der Waals surface area contributed by atoms with Crippen molar-refractivity contribution < 1.29 is 9.53 Å². The Kier molecular flexibility index (Phi) is 2.81. The predicted octanol–water partition coefficient (Wildman–Crippen LogP) is 2.39. The Bertz CT molecular complexity index is 517. The van der Waals surface area contributed by atoms with Crippen molar-refractivity contribution in [1.82, 2.24) is 4.98 Å². The van der Waals surface area contributed by atoms with Crippen LogP contribution < -0.4 is 5.32 Å². The number of H-pyrrole nitrogens is 1. The Morgan fingerprint density at radius 1 is 1.44 bits per heavy atom. The van der Waals surface area contributed by atoms with Crippen LogP contribution in [-0.2, 0) is 4.74 Å². The molecule has 0 atom stereocenters. The third kappa shape index (κ3) is 1.86. The highest BCUT2D eigenvalue weighted by atomic mass is 16.5. The van der Waals surface area contributed by atoms with Crippen molar-refractivity contribution in [3.05, 3.63) is 29.8 Å². The lowest BCUT2D eigenvalue weighted by Crippen LogP contribution is -2.03. The second-order valence-corrected chi connectivity index (χ2v) is 3.46. The number of esters is 1. The van der Waals surface area contributed by atoms with Crippen LogP contribution in [0.15, 0.2) is 24.3 Å². The van der Waals surface area contributed by atoms with E-state index in [2.05, 4.69) is 10.3 Å². The van der Waals surface area contributed by atoms with Gasteiger partial charge in [0.1, 0.15) is 5.82 Å². The van der Waals surface area contributed by atoms with Crippen LogP contribution in [0.25, 0.3) is 10.9 Å². The summed E-state index contributed by atoms with van der Waals surface area (Å²) in [6.07, 6.45) is 0. The molecule has 0 spiro atoms. The van der Waals surface area contributed by atoms with E-state index in [0.717, 1.165) is 16.7 Å². The van der Waals surface area contributed by atoms with Gasteiger partial charge in [0.25, 0.3) is 0 Å². The zero-order valence-corrected chi connectivity index (χ0v) is 9.33. The monoisotopic (exact) mass is 218 g/mol. The Morgan fingerprint density at radius 3 is 2.94 bits per heavy atom. The van der Waals surface area contributed by atoms with Crippen molar-refractivity contribution in [1.29, 1.82) is 0 Å². The summed E-state index contributed by atoms with van der Waals surface area (Å²) >= 11 is 0. The maximum Gasteiger partial charge on any atom is 0.338 e. The molecule has 0 aliphatic carbocycles. The fraction of sp³-hybridized carbons (Fsp3) is 0.250. The van der Waals surface area contributed by atoms with Crippen molar-refractivity contribution >= 4 is 22.7 Å². The molecular weight excluding hydrogens is 204 g/mol. The Labute approximate surface area is 93.6 Å². The first kappa shape index (κ1) is 10.5. The van der Waals surface area contributed by atoms with Crippen molar-refractivity contribution in [2.75, 3.05) is 19.0 Å². The first-order valence-electron chi connectivity index (χ1n) is 5.22. The highest BCUT2D eigenvalue weighted by Gasteiger charge is 2.08. The van der Waals surface area contributed by atoms with Crippen LogP contribution in [0.3, 0.4) is 0 Å². The van der Waals surface area contributed by atoms with Crippen LogP contribution in [0.2, 0.25) is 0 Å². The molecule has 1 aromatic carbocycles. The van der Waals surface area contributed by atoms with Crippen LogP contribution >= 0.6 is 0 Å². The number of hydrogen-bond acceptors (Lipinski definition) is 3. The van der Waals surface area contributed by atoms with Gasteiger partial charge in [-0.05, 0) is 31.2 Å². The molecule has 0 saturated heterocycles. The maximum atomic E-state index is 11.5. The van der Waals surface area contributed by atoms with Gasteiger partial charge in [0, 0.05) is 18.0 Å². The smallest absolute Gasteiger partial charge is 0.338 e. The van der Waals surface area contributed by atoms with E-state index in [1.807, 2.05) is 25.2 Å². The van der Waals surface area contributed by atoms with Gasteiger partial charge in [0.05, 0.1) is 12.2 Å². The van der Waals surface area contributed by atoms with Crippen molar-refractivity contribution in [2.45, 2.75) is 6.92 Å². The Balaban J connectivity index is 2.39. The third-order valence-electron chi connectivity index (χ3n) is 2.40. The molecule has 84 valence electrons. The zero-order valence-electron chi connectivity index (χ0n) is 9.33. The second kappa shape index (κ2) is 4.26. The van der Waals surface area contributed by atoms with E-state index in [1.165, 1.54) is 0 Å². The van der Waals surface area contributed by atoms with E-state index < -0.39 is 0 Å². The largest absolute Gasteiger partial charge is 0.462 e. The van der Waals surface area contributed by atoms with E-state index in [4.69, 9.17) is 4.74 Å². The van der Waals surface area contributed by atoms with E-state index >= 15 is 0 Å². The fourth-order valence-corrected chi connectivity index (χ4v) is 1.61. The summed E-state index contributed by atoms with van der Waals surface area (Å²) in [6.45, 7) is 2.19. The summed E-state index contributed by atoms with van der Waals surface area (Å²) in [4.78, 5) is 14.7. The minimum absolute atomic E-state index is 0.281. The minimum atomic E-state index is -0.281. The minimum Gasteiger partial charge on any atom is -0.462 e. The lowest BCUT2D eigenvalue weighted by molar-refractivity contribution is 0.0526. The van der Waals surface area contributed by atoms with E-state index in [9.17, 15) is 4.79 Å². The number of benzene rings is 1. The Hall–Kier alpha value is -1.97. The fourth-order valence-electron chi connectivity index (χ4n) is 1.61. The molecular formula is C12H14N2O2. The van der Waals surface area contributed by atoms with E-state index in [0.29, 0.717) is 12.2 Å². The number of aromatic nitrogens is 1. The lowest BCUT2D eigenvalue weighted by atomic mass is 10.1. The van der Waals surface area contributed by atoms with Gasteiger partial charge in [-0.3, -0.25) is 0 Å². The molecule has 0 fully saturated rings. The number of hydrogen-bond donors (Lipinski definition) is 2. The number of rotatable bonds is 3. The van der Waals surface area contributed by atoms with Crippen molar-refractivity contribution in [3.63, 3.8) is 0 Å². The average molecular weight is 218 g/mol. The second-order valence-electron chi connectivity index (χ2n) is 3.46. The van der Waals surface area contributed by atoms with Gasteiger partial charge in [-0.15, -0.1) is 0 Å². The maximum absolute atomic E-state index is 11.5. The first-order valence-corrected chi connectivity index (χ1v) is 5.22. The van der Waals surface area contributed by atoms with Gasteiger partial charge in [-0.1, -0.05) is 0 Å². The average Bonchev–Trinajstić information content (AvgIpc) is 2.70. The third-order valence-corrected chi connectivity index (χ3v) is 2.40. The predicted molar refractivity (Wildman–Crippen MR) is 63.8 cm³/mol. The molecule has 0 unspecified atom stereocenters. The van der Waals surface area contributed by atoms with Gasteiger partial charge < -0.3 is 15.0 Å². The summed E-state index contributed by atoms with van der Waals surface area (Å²) in [7, 11) is 1.84. The molecule has 2 rings (SSSR count). The lowest BCUT2D eigenvalue weighted by Gasteiger charge is -2.00. The number of nitrogens with one attached hydrogen (secondary N) is 2. The van der Waals surface area contributed by atoms with Crippen molar-refractivity contribution in [2.24, 2.45) is 0 Å². The summed E-state index contributed by atoms with van der Waals surface area (Å²) in [5.74, 6) is 0.646. The number of anilines is 1. The summed E-state index contributed by atoms with van der Waals surface area (Å²) in [6, 6.07) is 7.42.